The molecule has 8 heteroatoms. The molecule has 0 unspecified atom stereocenters. The Morgan fingerprint density at radius 2 is 1.81 bits per heavy atom. The predicted molar refractivity (Wildman–Crippen MR) is 121 cm³/mol. The van der Waals surface area contributed by atoms with E-state index in [1.807, 2.05) is 62.4 Å². The molecule has 1 N–H and O–H groups in total. The van der Waals surface area contributed by atoms with Crippen molar-refractivity contribution >= 4 is 27.5 Å². The molecular formula is C23H22N4O3S. The summed E-state index contributed by atoms with van der Waals surface area (Å²) < 4.78 is 7.12. The third-order valence-electron chi connectivity index (χ3n) is 4.87. The number of aryl methyl sites for hydroxylation is 2. The highest BCUT2D eigenvalue weighted by atomic mass is 32.1. The molecule has 0 spiro atoms. The average molecular weight is 435 g/mol. The highest BCUT2D eigenvalue weighted by Crippen LogP contribution is 2.30. The standard InChI is InChI=1S/C23H22N4O3S/c1-14-4-6-16(7-5-14)12-24-19(28)13-27-23(29)21-22(31-15(2)25-21)20(26-27)17-8-10-18(30-3)11-9-17/h4-11H,12-13H2,1-3H3,(H,24,28). The molecular weight excluding hydrogens is 412 g/mol. The lowest BCUT2D eigenvalue weighted by atomic mass is 10.1. The minimum absolute atomic E-state index is 0.180. The Bertz CT molecular complexity index is 1290. The van der Waals surface area contributed by atoms with Crippen molar-refractivity contribution < 1.29 is 9.53 Å². The minimum atomic E-state index is -0.373. The first-order valence-corrected chi connectivity index (χ1v) is 10.6. The van der Waals surface area contributed by atoms with E-state index in [4.69, 9.17) is 4.74 Å². The van der Waals surface area contributed by atoms with Gasteiger partial charge in [0.2, 0.25) is 5.91 Å². The Hall–Kier alpha value is -3.52. The number of hydrogen-bond acceptors (Lipinski definition) is 6. The van der Waals surface area contributed by atoms with Gasteiger partial charge in [0.1, 0.15) is 18.0 Å². The first-order valence-electron chi connectivity index (χ1n) is 9.79. The average Bonchev–Trinajstić information content (AvgIpc) is 3.17. The Kier molecular flexibility index (Phi) is 5.81. The zero-order chi connectivity index (χ0) is 22.0. The Morgan fingerprint density at radius 1 is 1.10 bits per heavy atom. The van der Waals surface area contributed by atoms with Crippen molar-refractivity contribution in [2.75, 3.05) is 7.11 Å². The Morgan fingerprint density at radius 3 is 2.48 bits per heavy atom. The van der Waals surface area contributed by atoms with Gasteiger partial charge in [-0.3, -0.25) is 9.59 Å². The summed E-state index contributed by atoms with van der Waals surface area (Å²) in [6, 6.07) is 15.3. The number of carbonyl (C=O) groups is 1. The van der Waals surface area contributed by atoms with E-state index in [2.05, 4.69) is 15.4 Å². The van der Waals surface area contributed by atoms with Gasteiger partial charge in [-0.05, 0) is 43.7 Å². The van der Waals surface area contributed by atoms with Crippen LogP contribution in [0.1, 0.15) is 16.1 Å². The normalized spacial score (nSPS) is 10.9. The highest BCUT2D eigenvalue weighted by molar-refractivity contribution is 7.19. The first kappa shape index (κ1) is 20.7. The van der Waals surface area contributed by atoms with Crippen LogP contribution in [-0.2, 0) is 17.9 Å². The summed E-state index contributed by atoms with van der Waals surface area (Å²) in [4.78, 5) is 29.8. The van der Waals surface area contributed by atoms with E-state index in [1.54, 1.807) is 7.11 Å². The van der Waals surface area contributed by atoms with Crippen LogP contribution in [0.4, 0.5) is 0 Å². The molecule has 2 aromatic heterocycles. The molecule has 0 bridgehead atoms. The van der Waals surface area contributed by atoms with Crippen LogP contribution in [0, 0.1) is 13.8 Å². The van der Waals surface area contributed by atoms with E-state index in [9.17, 15) is 9.59 Å². The summed E-state index contributed by atoms with van der Waals surface area (Å²) >= 11 is 1.42. The van der Waals surface area contributed by atoms with E-state index in [1.165, 1.54) is 16.0 Å². The van der Waals surface area contributed by atoms with Gasteiger partial charge in [0, 0.05) is 12.1 Å². The molecule has 31 heavy (non-hydrogen) atoms. The monoisotopic (exact) mass is 434 g/mol. The van der Waals surface area contributed by atoms with Crippen LogP contribution in [0.15, 0.2) is 53.3 Å². The van der Waals surface area contributed by atoms with Gasteiger partial charge in [0.05, 0.1) is 16.8 Å². The summed E-state index contributed by atoms with van der Waals surface area (Å²) in [5.41, 5.74) is 3.54. The van der Waals surface area contributed by atoms with Gasteiger partial charge in [0.25, 0.3) is 5.56 Å². The van der Waals surface area contributed by atoms with Gasteiger partial charge in [-0.15, -0.1) is 11.3 Å². The van der Waals surface area contributed by atoms with Crippen LogP contribution in [0.2, 0.25) is 0 Å². The SMILES string of the molecule is COc1ccc(-c2nn(CC(=O)NCc3ccc(C)cc3)c(=O)c3nc(C)sc23)cc1. The smallest absolute Gasteiger partial charge is 0.294 e. The van der Waals surface area contributed by atoms with Crippen LogP contribution in [0.25, 0.3) is 21.5 Å². The van der Waals surface area contributed by atoms with Gasteiger partial charge in [-0.2, -0.15) is 5.10 Å². The van der Waals surface area contributed by atoms with Gasteiger partial charge >= 0.3 is 0 Å². The van der Waals surface area contributed by atoms with Crippen LogP contribution < -0.4 is 15.6 Å². The molecule has 2 heterocycles. The summed E-state index contributed by atoms with van der Waals surface area (Å²) in [5, 5.41) is 8.14. The second-order valence-electron chi connectivity index (χ2n) is 7.21. The molecule has 2 aromatic carbocycles. The maximum absolute atomic E-state index is 12.9. The number of benzene rings is 2. The number of rotatable bonds is 6. The highest BCUT2D eigenvalue weighted by Gasteiger charge is 2.18. The number of nitrogens with one attached hydrogen (secondary N) is 1. The molecule has 0 aliphatic heterocycles. The van der Waals surface area contributed by atoms with E-state index < -0.39 is 0 Å². The van der Waals surface area contributed by atoms with Gasteiger partial charge in [-0.1, -0.05) is 29.8 Å². The third kappa shape index (κ3) is 4.49. The molecule has 7 nitrogen and oxygen atoms in total. The fraction of sp³-hybridized carbons (Fsp3) is 0.217. The lowest BCUT2D eigenvalue weighted by Gasteiger charge is -2.10. The Labute approximate surface area is 183 Å². The topological polar surface area (TPSA) is 86.1 Å². The zero-order valence-electron chi connectivity index (χ0n) is 17.5. The molecule has 0 saturated carbocycles. The number of fused-ring (bicyclic) bond motifs is 1. The number of amides is 1. The van der Waals surface area contributed by atoms with Crippen molar-refractivity contribution in [1.82, 2.24) is 20.1 Å². The number of hydrogen-bond donors (Lipinski definition) is 1. The van der Waals surface area contributed by atoms with Crippen molar-refractivity contribution in [2.45, 2.75) is 26.9 Å². The summed E-state index contributed by atoms with van der Waals surface area (Å²) in [6.07, 6.45) is 0. The largest absolute Gasteiger partial charge is 0.497 e. The second-order valence-corrected chi connectivity index (χ2v) is 8.42. The molecule has 0 saturated heterocycles. The molecule has 4 aromatic rings. The van der Waals surface area contributed by atoms with E-state index in [-0.39, 0.29) is 18.0 Å². The maximum Gasteiger partial charge on any atom is 0.294 e. The maximum atomic E-state index is 12.9. The van der Waals surface area contributed by atoms with Crippen molar-refractivity contribution in [3.63, 3.8) is 0 Å². The fourth-order valence-electron chi connectivity index (χ4n) is 3.21. The zero-order valence-corrected chi connectivity index (χ0v) is 18.3. The number of thiazole rings is 1. The molecule has 0 aliphatic rings. The first-order chi connectivity index (χ1) is 14.9. The number of carbonyl (C=O) groups excluding carboxylic acids is 1. The number of nitrogens with zero attached hydrogens (tertiary/aromatic N) is 3. The van der Waals surface area contributed by atoms with Crippen molar-refractivity contribution in [2.24, 2.45) is 0 Å². The summed E-state index contributed by atoms with van der Waals surface area (Å²) in [6.45, 7) is 4.06. The second kappa shape index (κ2) is 8.69. The number of methoxy groups -OCH3 is 1. The molecule has 0 radical (unpaired) electrons. The molecule has 158 valence electrons. The summed E-state index contributed by atoms with van der Waals surface area (Å²) in [5.74, 6) is 0.437. The minimum Gasteiger partial charge on any atom is -0.497 e. The molecule has 0 aliphatic carbocycles. The van der Waals surface area contributed by atoms with Crippen molar-refractivity contribution in [1.29, 1.82) is 0 Å². The molecule has 0 fully saturated rings. The third-order valence-corrected chi connectivity index (χ3v) is 5.85. The number of aromatic nitrogens is 3. The van der Waals surface area contributed by atoms with Crippen molar-refractivity contribution in [3.05, 3.63) is 75.0 Å². The van der Waals surface area contributed by atoms with E-state index in [0.717, 1.165) is 27.4 Å². The van der Waals surface area contributed by atoms with Crippen LogP contribution >= 0.6 is 11.3 Å². The quantitative estimate of drug-likeness (QED) is 0.502. The van der Waals surface area contributed by atoms with Crippen LogP contribution in [0.3, 0.4) is 0 Å². The molecule has 4 rings (SSSR count). The van der Waals surface area contributed by atoms with E-state index >= 15 is 0 Å². The lowest BCUT2D eigenvalue weighted by Crippen LogP contribution is -2.33. The molecule has 1 amide bonds. The van der Waals surface area contributed by atoms with Gasteiger partial charge < -0.3 is 10.1 Å². The lowest BCUT2D eigenvalue weighted by molar-refractivity contribution is -0.122. The van der Waals surface area contributed by atoms with E-state index in [0.29, 0.717) is 22.5 Å². The van der Waals surface area contributed by atoms with Gasteiger partial charge in [0.15, 0.2) is 5.52 Å². The number of ether oxygens (including phenoxy) is 1. The van der Waals surface area contributed by atoms with Crippen LogP contribution in [0.5, 0.6) is 5.75 Å². The molecule has 0 atom stereocenters. The summed E-state index contributed by atoms with van der Waals surface area (Å²) in [7, 11) is 1.60. The van der Waals surface area contributed by atoms with Crippen molar-refractivity contribution in [3.8, 4) is 17.0 Å². The Balaban J connectivity index is 1.64. The van der Waals surface area contributed by atoms with Gasteiger partial charge in [-0.25, -0.2) is 9.67 Å². The predicted octanol–water partition coefficient (Wildman–Crippen LogP) is 3.46. The van der Waals surface area contributed by atoms with Crippen LogP contribution in [-0.4, -0.2) is 27.8 Å². The fourth-order valence-corrected chi connectivity index (χ4v) is 4.13.